The van der Waals surface area contributed by atoms with Gasteiger partial charge in [-0.15, -0.1) is 5.10 Å². The summed E-state index contributed by atoms with van der Waals surface area (Å²) in [5.41, 5.74) is 10.2. The molecule has 9 heteroatoms. The van der Waals surface area contributed by atoms with Gasteiger partial charge >= 0.3 is 0 Å². The molecule has 168 valence electrons. The summed E-state index contributed by atoms with van der Waals surface area (Å²) in [7, 11) is 1.51. The first kappa shape index (κ1) is 21.8. The van der Waals surface area contributed by atoms with Crippen molar-refractivity contribution in [2.75, 3.05) is 19.0 Å². The third kappa shape index (κ3) is 4.32. The van der Waals surface area contributed by atoms with Crippen LogP contribution in [0.3, 0.4) is 0 Å². The monoisotopic (exact) mass is 445 g/mol. The maximum atomic E-state index is 12.3. The number of hydrogen-bond donors (Lipinski definition) is 3. The van der Waals surface area contributed by atoms with E-state index in [-0.39, 0.29) is 24.0 Å². The van der Waals surface area contributed by atoms with Crippen LogP contribution in [0, 0.1) is 25.2 Å². The molecule has 1 aromatic heterocycles. The van der Waals surface area contributed by atoms with Crippen LogP contribution in [0.5, 0.6) is 17.4 Å². The normalized spacial score (nSPS) is 14.7. The van der Waals surface area contributed by atoms with Crippen molar-refractivity contribution in [1.29, 1.82) is 5.26 Å². The number of anilines is 1. The highest BCUT2D eigenvalue weighted by atomic mass is 16.5. The molecule has 4 N–H and O–H groups in total. The second kappa shape index (κ2) is 8.96. The molecule has 33 heavy (non-hydrogen) atoms. The first-order valence-corrected chi connectivity index (χ1v) is 10.2. The minimum atomic E-state index is -0.481. The van der Waals surface area contributed by atoms with Gasteiger partial charge in [0.1, 0.15) is 11.6 Å². The number of benzene rings is 2. The van der Waals surface area contributed by atoms with Crippen molar-refractivity contribution in [3.63, 3.8) is 0 Å². The number of hydrogen-bond acceptors (Lipinski definition) is 7. The second-order valence-corrected chi connectivity index (χ2v) is 7.61. The molecular formula is C24H23N5O4. The van der Waals surface area contributed by atoms with Gasteiger partial charge in [0.25, 0.3) is 5.91 Å². The summed E-state index contributed by atoms with van der Waals surface area (Å²) in [6.45, 7) is 3.61. The first-order chi connectivity index (χ1) is 15.9. The number of amides is 1. The molecule has 1 amide bonds. The minimum absolute atomic E-state index is 0.00798. The van der Waals surface area contributed by atoms with Gasteiger partial charge in [0.15, 0.2) is 18.1 Å². The van der Waals surface area contributed by atoms with Gasteiger partial charge in [-0.05, 0) is 49.2 Å². The summed E-state index contributed by atoms with van der Waals surface area (Å²) < 4.78 is 16.7. The van der Waals surface area contributed by atoms with Crippen LogP contribution in [0.25, 0.3) is 0 Å². The Morgan fingerprint density at radius 3 is 2.82 bits per heavy atom. The van der Waals surface area contributed by atoms with E-state index in [1.54, 1.807) is 18.2 Å². The van der Waals surface area contributed by atoms with E-state index in [1.165, 1.54) is 7.11 Å². The number of aryl methyl sites for hydroxylation is 2. The molecule has 0 radical (unpaired) electrons. The topological polar surface area (TPSA) is 135 Å². The lowest BCUT2D eigenvalue weighted by atomic mass is 9.84. The van der Waals surface area contributed by atoms with Crippen molar-refractivity contribution in [2.24, 2.45) is 5.73 Å². The number of carbonyl (C=O) groups excluding carboxylic acids is 1. The van der Waals surface area contributed by atoms with E-state index >= 15 is 0 Å². The third-order valence-electron chi connectivity index (χ3n) is 5.31. The number of allylic oxidation sites excluding steroid dienone is 1. The number of carbonyl (C=O) groups is 1. The molecule has 1 unspecified atom stereocenters. The number of nitrogens with two attached hydrogens (primary N) is 1. The van der Waals surface area contributed by atoms with Crippen LogP contribution < -0.4 is 25.3 Å². The van der Waals surface area contributed by atoms with Crippen molar-refractivity contribution < 1.29 is 19.0 Å². The zero-order chi connectivity index (χ0) is 23.5. The highest BCUT2D eigenvalue weighted by Crippen LogP contribution is 2.44. The predicted molar refractivity (Wildman–Crippen MR) is 121 cm³/mol. The molecule has 0 saturated heterocycles. The summed E-state index contributed by atoms with van der Waals surface area (Å²) in [5, 5.41) is 19.5. The van der Waals surface area contributed by atoms with Crippen LogP contribution >= 0.6 is 0 Å². The van der Waals surface area contributed by atoms with E-state index in [0.717, 1.165) is 22.4 Å². The molecular weight excluding hydrogens is 422 g/mol. The number of methoxy groups -OCH3 is 1. The SMILES string of the molecule is COc1cc(C2C(C#N)=C(N)Oc3n[nH]c(C)c32)ccc1OCC(=O)Nc1cccc(C)c1. The number of H-pyrrole nitrogens is 1. The average molecular weight is 445 g/mol. The van der Waals surface area contributed by atoms with Crippen LogP contribution in [0.4, 0.5) is 5.69 Å². The highest BCUT2D eigenvalue weighted by molar-refractivity contribution is 5.92. The molecule has 0 fully saturated rings. The van der Waals surface area contributed by atoms with Crippen molar-refractivity contribution >= 4 is 11.6 Å². The molecule has 9 nitrogen and oxygen atoms in total. The fourth-order valence-electron chi connectivity index (χ4n) is 3.78. The molecule has 1 aliphatic rings. The van der Waals surface area contributed by atoms with E-state index in [4.69, 9.17) is 19.9 Å². The van der Waals surface area contributed by atoms with Crippen LogP contribution in [-0.4, -0.2) is 29.8 Å². The molecule has 4 rings (SSSR count). The zero-order valence-electron chi connectivity index (χ0n) is 18.4. The summed E-state index contributed by atoms with van der Waals surface area (Å²) in [6.07, 6.45) is 0. The van der Waals surface area contributed by atoms with Gasteiger partial charge < -0.3 is 25.3 Å². The number of nitriles is 1. The largest absolute Gasteiger partial charge is 0.493 e. The maximum Gasteiger partial charge on any atom is 0.262 e. The molecule has 0 bridgehead atoms. The minimum Gasteiger partial charge on any atom is -0.493 e. The molecule has 2 heterocycles. The van der Waals surface area contributed by atoms with Gasteiger partial charge in [0, 0.05) is 16.9 Å². The molecule has 1 aliphatic heterocycles. The Labute approximate surface area is 190 Å². The van der Waals surface area contributed by atoms with Gasteiger partial charge in [0.2, 0.25) is 11.8 Å². The number of rotatable bonds is 6. The quantitative estimate of drug-likeness (QED) is 0.530. The van der Waals surface area contributed by atoms with Gasteiger partial charge in [-0.25, -0.2) is 0 Å². The van der Waals surface area contributed by atoms with E-state index < -0.39 is 5.92 Å². The fraction of sp³-hybridized carbons (Fsp3) is 0.208. The van der Waals surface area contributed by atoms with Crippen LogP contribution in [0.15, 0.2) is 53.9 Å². The van der Waals surface area contributed by atoms with Crippen LogP contribution in [-0.2, 0) is 4.79 Å². The smallest absolute Gasteiger partial charge is 0.262 e. The molecule has 0 spiro atoms. The number of fused-ring (bicyclic) bond motifs is 1. The highest BCUT2D eigenvalue weighted by Gasteiger charge is 2.34. The summed E-state index contributed by atoms with van der Waals surface area (Å²) in [5.74, 6) is 0.380. The standard InChI is InChI=1S/C24H23N5O4/c1-13-5-4-6-16(9-13)27-20(30)12-32-18-8-7-15(10-19(18)31-3)22-17(11-25)23(26)33-24-21(22)14(2)28-29-24/h4-10,22H,12,26H2,1-3H3,(H,27,30)(H,28,29). The zero-order valence-corrected chi connectivity index (χ0v) is 18.4. The number of nitrogens with zero attached hydrogens (tertiary/aromatic N) is 2. The Hall–Kier alpha value is -4.45. The van der Waals surface area contributed by atoms with E-state index in [0.29, 0.717) is 23.1 Å². The molecule has 3 aromatic rings. The van der Waals surface area contributed by atoms with Crippen LogP contribution in [0.2, 0.25) is 0 Å². The molecule has 2 aromatic carbocycles. The van der Waals surface area contributed by atoms with E-state index in [1.807, 2.05) is 38.1 Å². The average Bonchev–Trinajstić information content (AvgIpc) is 3.16. The Morgan fingerprint density at radius 2 is 2.09 bits per heavy atom. The van der Waals surface area contributed by atoms with E-state index in [2.05, 4.69) is 21.6 Å². The number of aromatic nitrogens is 2. The fourth-order valence-corrected chi connectivity index (χ4v) is 3.78. The Morgan fingerprint density at radius 1 is 1.27 bits per heavy atom. The summed E-state index contributed by atoms with van der Waals surface area (Å²) in [6, 6.07) is 14.9. The number of aromatic amines is 1. The van der Waals surface area contributed by atoms with Crippen molar-refractivity contribution in [2.45, 2.75) is 19.8 Å². The van der Waals surface area contributed by atoms with Gasteiger partial charge in [-0.1, -0.05) is 18.2 Å². The third-order valence-corrected chi connectivity index (χ3v) is 5.31. The summed E-state index contributed by atoms with van der Waals surface area (Å²) in [4.78, 5) is 12.3. The molecule has 0 saturated carbocycles. The van der Waals surface area contributed by atoms with Crippen molar-refractivity contribution in [3.05, 3.63) is 76.3 Å². The van der Waals surface area contributed by atoms with Crippen molar-refractivity contribution in [1.82, 2.24) is 10.2 Å². The van der Waals surface area contributed by atoms with E-state index in [9.17, 15) is 10.1 Å². The Bertz CT molecular complexity index is 1290. The van der Waals surface area contributed by atoms with Gasteiger partial charge in [-0.2, -0.15) is 5.26 Å². The lowest BCUT2D eigenvalue weighted by Gasteiger charge is -2.24. The Kier molecular flexibility index (Phi) is 5.91. The van der Waals surface area contributed by atoms with Gasteiger partial charge in [0.05, 0.1) is 13.0 Å². The maximum absolute atomic E-state index is 12.3. The van der Waals surface area contributed by atoms with Crippen LogP contribution in [0.1, 0.15) is 28.3 Å². The molecule has 0 aliphatic carbocycles. The molecule has 1 atom stereocenters. The second-order valence-electron chi connectivity index (χ2n) is 7.61. The Balaban J connectivity index is 1.57. The van der Waals surface area contributed by atoms with Gasteiger partial charge in [-0.3, -0.25) is 9.89 Å². The predicted octanol–water partition coefficient (Wildman–Crippen LogP) is 3.27. The number of nitrogens with one attached hydrogen (secondary N) is 2. The number of ether oxygens (including phenoxy) is 3. The van der Waals surface area contributed by atoms with Crippen molar-refractivity contribution in [3.8, 4) is 23.4 Å². The summed E-state index contributed by atoms with van der Waals surface area (Å²) >= 11 is 0. The lowest BCUT2D eigenvalue weighted by Crippen LogP contribution is -2.21. The lowest BCUT2D eigenvalue weighted by molar-refractivity contribution is -0.118. The first-order valence-electron chi connectivity index (χ1n) is 10.2.